The quantitative estimate of drug-likeness (QED) is 0.557. The fourth-order valence-electron chi connectivity index (χ4n) is 4.04. The molecule has 6 heteroatoms. The van der Waals surface area contributed by atoms with E-state index in [2.05, 4.69) is 19.1 Å². The number of nitrogens with zero attached hydrogens (tertiary/aromatic N) is 1. The Morgan fingerprint density at radius 2 is 1.50 bits per heavy atom. The van der Waals surface area contributed by atoms with Crippen molar-refractivity contribution >= 4 is 11.7 Å². The van der Waals surface area contributed by atoms with Crippen molar-refractivity contribution in [1.29, 1.82) is 0 Å². The molecule has 0 spiro atoms. The third-order valence-electron chi connectivity index (χ3n) is 5.56. The van der Waals surface area contributed by atoms with E-state index in [9.17, 15) is 9.90 Å². The maximum Gasteiger partial charge on any atom is 0.338 e. The maximum absolute atomic E-state index is 12.5. The fraction of sp³-hybridized carbons (Fsp3) is 0.458. The molecule has 2 aromatic rings. The van der Waals surface area contributed by atoms with E-state index in [0.717, 1.165) is 12.0 Å². The molecule has 0 fully saturated rings. The molecule has 1 atom stereocenters. The Morgan fingerprint density at radius 3 is 1.93 bits per heavy atom. The molecule has 30 heavy (non-hydrogen) atoms. The smallest absolute Gasteiger partial charge is 0.338 e. The monoisotopic (exact) mass is 415 g/mol. The summed E-state index contributed by atoms with van der Waals surface area (Å²) in [6.45, 7) is 7.36. The summed E-state index contributed by atoms with van der Waals surface area (Å²) in [6.07, 6.45) is 1.38. The average molecular weight is 416 g/mol. The van der Waals surface area contributed by atoms with E-state index in [-0.39, 0.29) is 11.5 Å². The molecule has 0 saturated carbocycles. The highest BCUT2D eigenvalue weighted by Gasteiger charge is 2.33. The van der Waals surface area contributed by atoms with E-state index in [1.807, 2.05) is 36.9 Å². The van der Waals surface area contributed by atoms with Crippen molar-refractivity contribution in [2.24, 2.45) is 0 Å². The number of methoxy groups -OCH3 is 3. The molecule has 0 aliphatic heterocycles. The normalized spacial score (nSPS) is 11.7. The fourth-order valence-corrected chi connectivity index (χ4v) is 4.04. The van der Waals surface area contributed by atoms with Gasteiger partial charge in [0.05, 0.1) is 32.6 Å². The van der Waals surface area contributed by atoms with Crippen LogP contribution in [-0.2, 0) is 6.42 Å². The summed E-state index contributed by atoms with van der Waals surface area (Å²) in [5, 5.41) is 10.3. The second-order valence-electron chi connectivity index (χ2n) is 7.00. The van der Waals surface area contributed by atoms with Gasteiger partial charge in [0.1, 0.15) is 0 Å². The molecule has 0 saturated heterocycles. The van der Waals surface area contributed by atoms with Crippen molar-refractivity contribution in [3.05, 3.63) is 47.0 Å². The van der Waals surface area contributed by atoms with Gasteiger partial charge in [-0.3, -0.25) is 0 Å². The maximum atomic E-state index is 12.5. The van der Waals surface area contributed by atoms with Crippen molar-refractivity contribution in [1.82, 2.24) is 0 Å². The summed E-state index contributed by atoms with van der Waals surface area (Å²) in [4.78, 5) is 14.5. The molecular weight excluding hydrogens is 382 g/mol. The Kier molecular flexibility index (Phi) is 8.39. The van der Waals surface area contributed by atoms with Gasteiger partial charge < -0.3 is 24.2 Å². The number of carboxylic acid groups (broad SMARTS) is 1. The van der Waals surface area contributed by atoms with Gasteiger partial charge in [-0.05, 0) is 38.2 Å². The van der Waals surface area contributed by atoms with Gasteiger partial charge in [-0.1, -0.05) is 37.3 Å². The minimum Gasteiger partial charge on any atom is -0.492 e. The summed E-state index contributed by atoms with van der Waals surface area (Å²) < 4.78 is 17.0. The number of aromatic carboxylic acids is 1. The highest BCUT2D eigenvalue weighted by Crippen LogP contribution is 2.51. The Labute approximate surface area is 179 Å². The van der Waals surface area contributed by atoms with E-state index >= 15 is 0 Å². The molecule has 0 heterocycles. The van der Waals surface area contributed by atoms with E-state index in [0.29, 0.717) is 48.0 Å². The molecule has 2 aromatic carbocycles. The van der Waals surface area contributed by atoms with Crippen LogP contribution in [0.4, 0.5) is 5.69 Å². The summed E-state index contributed by atoms with van der Waals surface area (Å²) >= 11 is 0. The Balaban J connectivity index is 2.85. The van der Waals surface area contributed by atoms with Crippen molar-refractivity contribution in [3.63, 3.8) is 0 Å². The lowest BCUT2D eigenvalue weighted by molar-refractivity contribution is 0.0695. The molecule has 0 aliphatic carbocycles. The van der Waals surface area contributed by atoms with Gasteiger partial charge >= 0.3 is 5.97 Å². The van der Waals surface area contributed by atoms with Gasteiger partial charge in [0.15, 0.2) is 11.5 Å². The molecule has 164 valence electrons. The predicted molar refractivity (Wildman–Crippen MR) is 120 cm³/mol. The number of benzene rings is 2. The summed E-state index contributed by atoms with van der Waals surface area (Å²) in [7, 11) is 4.60. The summed E-state index contributed by atoms with van der Waals surface area (Å²) in [6, 6.07) is 10.1. The third kappa shape index (κ3) is 4.48. The van der Waals surface area contributed by atoms with Crippen LogP contribution in [0.2, 0.25) is 0 Å². The third-order valence-corrected chi connectivity index (χ3v) is 5.56. The van der Waals surface area contributed by atoms with Crippen LogP contribution in [0.5, 0.6) is 17.2 Å². The zero-order chi connectivity index (χ0) is 22.3. The molecule has 0 bridgehead atoms. The molecule has 0 aliphatic rings. The standard InChI is InChI=1S/C24H33NO5/c1-7-16(17-13-11-10-12-14-17)15-18-19(24(26)27)20(25(8-2)9-3)22(29-5)23(30-6)21(18)28-4/h10-14,16H,7-9,15H2,1-6H3,(H,26,27). The second-order valence-corrected chi connectivity index (χ2v) is 7.00. The van der Waals surface area contributed by atoms with Crippen molar-refractivity contribution < 1.29 is 24.1 Å². The topological polar surface area (TPSA) is 68.2 Å². The lowest BCUT2D eigenvalue weighted by Gasteiger charge is -2.30. The molecule has 2 rings (SSSR count). The predicted octanol–water partition coefficient (Wildman–Crippen LogP) is 4.99. The summed E-state index contributed by atoms with van der Waals surface area (Å²) in [5.74, 6) is 0.351. The van der Waals surface area contributed by atoms with E-state index < -0.39 is 5.97 Å². The Morgan fingerprint density at radius 1 is 0.933 bits per heavy atom. The van der Waals surface area contributed by atoms with Crippen LogP contribution in [-0.4, -0.2) is 45.5 Å². The molecule has 1 N–H and O–H groups in total. The van der Waals surface area contributed by atoms with Crippen LogP contribution in [0, 0.1) is 0 Å². The molecule has 6 nitrogen and oxygen atoms in total. The Bertz CT molecular complexity index is 847. The zero-order valence-corrected chi connectivity index (χ0v) is 18.8. The molecule has 0 aromatic heterocycles. The van der Waals surface area contributed by atoms with Gasteiger partial charge in [0.2, 0.25) is 5.75 Å². The number of carbonyl (C=O) groups is 1. The van der Waals surface area contributed by atoms with Gasteiger partial charge in [-0.25, -0.2) is 4.79 Å². The largest absolute Gasteiger partial charge is 0.492 e. The average Bonchev–Trinajstić information content (AvgIpc) is 2.77. The minimum absolute atomic E-state index is 0.140. The van der Waals surface area contributed by atoms with Crippen molar-refractivity contribution in [2.45, 2.75) is 39.5 Å². The minimum atomic E-state index is -1.01. The van der Waals surface area contributed by atoms with Crippen LogP contribution in [0.1, 0.15) is 54.6 Å². The van der Waals surface area contributed by atoms with Crippen LogP contribution in [0.3, 0.4) is 0 Å². The van der Waals surface area contributed by atoms with Crippen LogP contribution in [0.15, 0.2) is 30.3 Å². The number of anilines is 1. The number of hydrogen-bond acceptors (Lipinski definition) is 5. The molecule has 1 unspecified atom stereocenters. The van der Waals surface area contributed by atoms with E-state index in [1.165, 1.54) is 14.2 Å². The lowest BCUT2D eigenvalue weighted by Crippen LogP contribution is -2.26. The number of carboxylic acids is 1. The van der Waals surface area contributed by atoms with Gasteiger partial charge in [-0.15, -0.1) is 0 Å². The van der Waals surface area contributed by atoms with E-state index in [1.54, 1.807) is 7.11 Å². The van der Waals surface area contributed by atoms with Crippen molar-refractivity contribution in [2.75, 3.05) is 39.3 Å². The first kappa shape index (κ1) is 23.4. The first-order chi connectivity index (χ1) is 14.5. The van der Waals surface area contributed by atoms with Gasteiger partial charge in [-0.2, -0.15) is 0 Å². The number of rotatable bonds is 11. The van der Waals surface area contributed by atoms with Crippen LogP contribution >= 0.6 is 0 Å². The SMILES string of the molecule is CCC(Cc1c(OC)c(OC)c(OC)c(N(CC)CC)c1C(=O)O)c1ccccc1. The number of ether oxygens (including phenoxy) is 3. The summed E-state index contributed by atoms with van der Waals surface area (Å²) in [5.41, 5.74) is 2.53. The van der Waals surface area contributed by atoms with Crippen LogP contribution < -0.4 is 19.1 Å². The van der Waals surface area contributed by atoms with E-state index in [4.69, 9.17) is 14.2 Å². The molecule has 0 radical (unpaired) electrons. The highest BCUT2D eigenvalue weighted by molar-refractivity contribution is 6.00. The van der Waals surface area contributed by atoms with Gasteiger partial charge in [0.25, 0.3) is 0 Å². The molecule has 0 amide bonds. The van der Waals surface area contributed by atoms with Crippen LogP contribution in [0.25, 0.3) is 0 Å². The number of hydrogen-bond donors (Lipinski definition) is 1. The molecular formula is C24H33NO5. The Hall–Kier alpha value is -2.89. The first-order valence-electron chi connectivity index (χ1n) is 10.4. The zero-order valence-electron chi connectivity index (χ0n) is 18.8. The van der Waals surface area contributed by atoms with Crippen molar-refractivity contribution in [3.8, 4) is 17.2 Å². The lowest BCUT2D eigenvalue weighted by atomic mass is 9.86. The van der Waals surface area contributed by atoms with Gasteiger partial charge in [0, 0.05) is 18.7 Å². The first-order valence-corrected chi connectivity index (χ1v) is 10.4. The second kappa shape index (κ2) is 10.8. The highest BCUT2D eigenvalue weighted by atomic mass is 16.5.